The molecule has 3 aromatic rings. The van der Waals surface area contributed by atoms with Gasteiger partial charge in [-0.3, -0.25) is 24.1 Å². The molecule has 4 heterocycles. The molecule has 3 aromatic carbocycles. The molecule has 1 saturated heterocycles. The summed E-state index contributed by atoms with van der Waals surface area (Å²) in [5.41, 5.74) is 3.94. The minimum atomic E-state index is -2.12. The van der Waals surface area contributed by atoms with E-state index in [2.05, 4.69) is 65.8 Å². The third kappa shape index (κ3) is 11.4. The molecule has 18 heteroatoms. The van der Waals surface area contributed by atoms with Crippen molar-refractivity contribution in [1.29, 1.82) is 0 Å². The van der Waals surface area contributed by atoms with Gasteiger partial charge in [0.1, 0.15) is 23.4 Å². The van der Waals surface area contributed by atoms with Crippen molar-refractivity contribution in [2.75, 3.05) is 50.1 Å². The lowest BCUT2D eigenvalue weighted by molar-refractivity contribution is -0.160. The van der Waals surface area contributed by atoms with Crippen LogP contribution in [0.15, 0.2) is 65.5 Å². The number of anilines is 2. The molecular weight excluding hydrogens is 927 g/mol. The summed E-state index contributed by atoms with van der Waals surface area (Å²) >= 11 is 0. The number of nitrogens with one attached hydrogen (secondary N) is 2. The fourth-order valence-electron chi connectivity index (χ4n) is 9.62. The zero-order valence-electron chi connectivity index (χ0n) is 43.3. The summed E-state index contributed by atoms with van der Waals surface area (Å²) in [5.74, 6) is -9.60. The molecule has 0 aliphatic carbocycles. The number of esters is 1. The Hall–Kier alpha value is -6.47. The Kier molecular flexibility index (Phi) is 16.8. The molecule has 2 amide bonds. The van der Waals surface area contributed by atoms with Crippen LogP contribution in [0, 0.1) is 30.6 Å². The van der Waals surface area contributed by atoms with Crippen LogP contribution in [-0.2, 0) is 34.0 Å². The molecule has 0 unspecified atom stereocenters. The predicted octanol–water partition coefficient (Wildman–Crippen LogP) is 6.32. The van der Waals surface area contributed by atoms with Crippen LogP contribution in [0.1, 0.15) is 96.3 Å². The molecular formula is C54H71N5O13. The quantitative estimate of drug-likeness (QED) is 0.0450. The molecule has 9 atom stereocenters. The summed E-state index contributed by atoms with van der Waals surface area (Å²) in [4.78, 5) is 58.5. The number of methoxy groups -OCH3 is 1. The van der Waals surface area contributed by atoms with Gasteiger partial charge in [0, 0.05) is 93.0 Å². The normalized spacial score (nSPS) is 28.5. The Morgan fingerprint density at radius 2 is 1.57 bits per heavy atom. The van der Waals surface area contributed by atoms with Crippen molar-refractivity contribution in [3.63, 3.8) is 0 Å². The van der Waals surface area contributed by atoms with Gasteiger partial charge < -0.3 is 54.7 Å². The number of aliphatic hydroxyl groups is 2. The van der Waals surface area contributed by atoms with E-state index in [0.29, 0.717) is 26.2 Å². The van der Waals surface area contributed by atoms with Gasteiger partial charge >= 0.3 is 11.8 Å². The summed E-state index contributed by atoms with van der Waals surface area (Å²) in [6.45, 7) is 21.4. The topological polar surface area (TPSA) is 249 Å². The second kappa shape index (κ2) is 22.1. The SMILES string of the molecule is CO[C@H]1/C=C/O[C@@]2(C)Oc3c(C)c(O)c4c(O)c(c(/C=N/NC(=O)CN5CCN(c6ccc(C(C)(C)C)cc6)CC5)c(O)c4c3C2=O)NC(=O)/C(C)=C\C=C\[C@H](C)[C@H](O)[C@@H](C)[C@@H](O)[C@@H](C)[C@H](OC(C)=O)[C@@H]1C. The second-order valence-electron chi connectivity index (χ2n) is 20.5. The molecule has 18 nitrogen and oxygen atoms in total. The van der Waals surface area contributed by atoms with Gasteiger partial charge in [-0.2, -0.15) is 5.10 Å². The number of nitrogens with zero attached hydrogens (tertiary/aromatic N) is 3. The van der Waals surface area contributed by atoms with Crippen LogP contribution in [0.5, 0.6) is 23.0 Å². The standard InChI is InChI=1S/C54H71N5O13/c1-28-14-13-15-29(2)52(68)56-43-37(26-55-57-39(61)27-58-21-23-59(24-22-58)36-18-16-35(17-19-36)53(8,9)10)47(65)40-41(48(43)66)46(64)33(6)50-42(40)51(67)54(11,72-50)70-25-20-38(69-12)30(3)49(71-34(7)60)32(5)45(63)31(4)44(28)62/h13-20,25-26,28,30-32,38,44-45,49,62-66H,21-24,27H2,1-12H3,(H,56,68)(H,57,61)/b14-13+,25-20+,29-15-,55-26+/t28-,30+,31+,32+,38-,44-,45+,49+,54-/m0/s1. The molecule has 0 saturated carbocycles. The number of carbonyl (C=O) groups is 4. The molecule has 4 aliphatic heterocycles. The number of aliphatic hydroxyl groups excluding tert-OH is 2. The Balaban J connectivity index is 1.37. The number of benzene rings is 3. The lowest BCUT2D eigenvalue weighted by Crippen LogP contribution is -2.49. The molecule has 0 aromatic heterocycles. The number of ether oxygens (including phenoxy) is 4. The lowest BCUT2D eigenvalue weighted by Gasteiger charge is -2.38. The van der Waals surface area contributed by atoms with E-state index in [0.717, 1.165) is 11.9 Å². The van der Waals surface area contributed by atoms with E-state index < -0.39 is 106 Å². The molecule has 5 bridgehead atoms. The third-order valence-electron chi connectivity index (χ3n) is 14.3. The number of ketones is 1. The molecule has 7 rings (SSSR count). The van der Waals surface area contributed by atoms with Crippen LogP contribution in [0.3, 0.4) is 0 Å². The van der Waals surface area contributed by atoms with Crippen molar-refractivity contribution in [3.8, 4) is 23.0 Å². The van der Waals surface area contributed by atoms with Crippen molar-refractivity contribution in [2.24, 2.45) is 28.8 Å². The number of aromatic hydroxyl groups is 3. The van der Waals surface area contributed by atoms with Crippen molar-refractivity contribution in [3.05, 3.63) is 82.7 Å². The first kappa shape index (κ1) is 54.9. The molecule has 72 heavy (non-hydrogen) atoms. The predicted molar refractivity (Wildman–Crippen MR) is 273 cm³/mol. The van der Waals surface area contributed by atoms with E-state index in [1.165, 1.54) is 58.8 Å². The monoisotopic (exact) mass is 998 g/mol. The number of hydrogen-bond acceptors (Lipinski definition) is 16. The molecule has 7 N–H and O–H groups in total. The Bertz CT molecular complexity index is 2670. The summed E-state index contributed by atoms with van der Waals surface area (Å²) in [7, 11) is 1.42. The molecule has 390 valence electrons. The Morgan fingerprint density at radius 3 is 2.18 bits per heavy atom. The Labute approximate surface area is 421 Å². The second-order valence-corrected chi connectivity index (χ2v) is 20.5. The number of amides is 2. The average molecular weight is 998 g/mol. The number of phenols is 3. The number of carbonyl (C=O) groups excluding carboxylic acids is 4. The van der Waals surface area contributed by atoms with E-state index in [4.69, 9.17) is 18.9 Å². The van der Waals surface area contributed by atoms with Crippen molar-refractivity contribution >= 4 is 51.9 Å². The van der Waals surface area contributed by atoms with Gasteiger partial charge in [0.25, 0.3) is 17.6 Å². The van der Waals surface area contributed by atoms with Gasteiger partial charge in [-0.1, -0.05) is 78.8 Å². The highest BCUT2D eigenvalue weighted by atomic mass is 16.7. The number of rotatable bonds is 7. The van der Waals surface area contributed by atoms with Crippen LogP contribution in [-0.4, -0.2) is 130 Å². The Morgan fingerprint density at radius 1 is 0.917 bits per heavy atom. The van der Waals surface area contributed by atoms with Crippen LogP contribution >= 0.6 is 0 Å². The van der Waals surface area contributed by atoms with Gasteiger partial charge in [0.05, 0.1) is 59.5 Å². The first-order valence-corrected chi connectivity index (χ1v) is 24.3. The molecule has 0 radical (unpaired) electrons. The number of hydrogen-bond donors (Lipinski definition) is 7. The summed E-state index contributed by atoms with van der Waals surface area (Å²) < 4.78 is 23.7. The highest BCUT2D eigenvalue weighted by molar-refractivity contribution is 6.24. The third-order valence-corrected chi connectivity index (χ3v) is 14.3. The van der Waals surface area contributed by atoms with Gasteiger partial charge in [0.2, 0.25) is 0 Å². The lowest BCUT2D eigenvalue weighted by atomic mass is 9.78. The fourth-order valence-corrected chi connectivity index (χ4v) is 9.62. The number of allylic oxidation sites excluding steroid dienone is 2. The number of hydrazone groups is 1. The van der Waals surface area contributed by atoms with Gasteiger partial charge in [-0.25, -0.2) is 5.43 Å². The van der Waals surface area contributed by atoms with Crippen LogP contribution in [0.4, 0.5) is 11.4 Å². The van der Waals surface area contributed by atoms with Crippen molar-refractivity contribution in [1.82, 2.24) is 10.3 Å². The maximum atomic E-state index is 14.6. The average Bonchev–Trinajstić information content (AvgIpc) is 3.60. The summed E-state index contributed by atoms with van der Waals surface area (Å²) in [5, 5.41) is 64.9. The minimum Gasteiger partial charge on any atom is -0.507 e. The van der Waals surface area contributed by atoms with E-state index >= 15 is 0 Å². The van der Waals surface area contributed by atoms with Crippen LogP contribution in [0.25, 0.3) is 10.8 Å². The number of Topliss-reactive ketones (excluding diaryl/α,β-unsaturated/α-hetero) is 1. The highest BCUT2D eigenvalue weighted by Gasteiger charge is 2.50. The van der Waals surface area contributed by atoms with E-state index in [9.17, 15) is 44.7 Å². The summed E-state index contributed by atoms with van der Waals surface area (Å²) in [6.07, 6.45) is 4.28. The van der Waals surface area contributed by atoms with E-state index in [1.807, 2.05) is 4.90 Å². The fraction of sp³-hybridized carbons (Fsp3) is 0.500. The number of phenolic OH excluding ortho intramolecular Hbond substituents is 3. The minimum absolute atomic E-state index is 0.000447. The first-order valence-electron chi connectivity index (χ1n) is 24.3. The maximum absolute atomic E-state index is 14.6. The maximum Gasteiger partial charge on any atom is 0.312 e. The molecule has 0 spiro atoms. The van der Waals surface area contributed by atoms with Gasteiger partial charge in [-0.05, 0) is 43.0 Å². The van der Waals surface area contributed by atoms with E-state index in [1.54, 1.807) is 39.8 Å². The van der Waals surface area contributed by atoms with Crippen molar-refractivity contribution in [2.45, 2.75) is 112 Å². The van der Waals surface area contributed by atoms with Crippen molar-refractivity contribution < 1.29 is 63.7 Å². The van der Waals surface area contributed by atoms with Crippen LogP contribution < -0.4 is 20.4 Å². The number of piperazine rings is 1. The van der Waals surface area contributed by atoms with Crippen LogP contribution in [0.2, 0.25) is 0 Å². The zero-order chi connectivity index (χ0) is 53.1. The van der Waals surface area contributed by atoms with Gasteiger partial charge in [0.15, 0.2) is 5.75 Å². The summed E-state index contributed by atoms with van der Waals surface area (Å²) in [6, 6.07) is 8.50. The van der Waals surface area contributed by atoms with Gasteiger partial charge in [-0.15, -0.1) is 0 Å². The highest BCUT2D eigenvalue weighted by Crippen LogP contribution is 2.55. The smallest absolute Gasteiger partial charge is 0.312 e. The van der Waals surface area contributed by atoms with E-state index in [-0.39, 0.29) is 45.4 Å². The molecule has 4 aliphatic rings. The number of fused-ring (bicyclic) bond motifs is 14. The molecule has 1 fully saturated rings. The largest absolute Gasteiger partial charge is 0.507 e. The first-order chi connectivity index (χ1) is 33.8. The zero-order valence-corrected chi connectivity index (χ0v) is 43.3.